The van der Waals surface area contributed by atoms with Crippen molar-refractivity contribution in [3.05, 3.63) is 88.5 Å². The minimum atomic E-state index is -0.183. The summed E-state index contributed by atoms with van der Waals surface area (Å²) < 4.78 is 6.86. The molecular weight excluding hydrogens is 376 g/mol. The fourth-order valence-electron chi connectivity index (χ4n) is 4.41. The third kappa shape index (κ3) is 2.06. The molecule has 3 heterocycles. The quantitative estimate of drug-likeness (QED) is 0.472. The SMILES string of the molecule is COc1ccc(-c2c3c(c4c(O)c5ccccc5n4c2=O)=Nc2ccccc2-3)cc1. The Labute approximate surface area is 171 Å². The highest BCUT2D eigenvalue weighted by molar-refractivity contribution is 6.00. The molecule has 3 aromatic carbocycles. The van der Waals surface area contributed by atoms with Crippen molar-refractivity contribution in [2.75, 3.05) is 7.11 Å². The standard InChI is InChI=1S/C25H16N2O3/c1-30-15-12-10-14(11-13-15)20-21-16-6-2-4-8-18(16)26-22(21)23-24(28)17-7-3-5-9-19(17)27(23)25(20)29/h2-13,28H,1H3. The highest BCUT2D eigenvalue weighted by Crippen LogP contribution is 2.40. The van der Waals surface area contributed by atoms with E-state index in [2.05, 4.69) is 0 Å². The molecule has 30 heavy (non-hydrogen) atoms. The van der Waals surface area contributed by atoms with Crippen LogP contribution in [0.4, 0.5) is 5.69 Å². The van der Waals surface area contributed by atoms with Crippen molar-refractivity contribution in [2.24, 2.45) is 4.99 Å². The van der Waals surface area contributed by atoms with Crippen LogP contribution in [0.25, 0.3) is 38.7 Å². The molecule has 0 radical (unpaired) electrons. The Bertz CT molecular complexity index is 1600. The second kappa shape index (κ2) is 5.94. The van der Waals surface area contributed by atoms with Crippen molar-refractivity contribution >= 4 is 22.1 Å². The Morgan fingerprint density at radius 3 is 2.43 bits per heavy atom. The van der Waals surface area contributed by atoms with Crippen LogP contribution >= 0.6 is 0 Å². The first kappa shape index (κ1) is 16.8. The first-order chi connectivity index (χ1) is 14.7. The lowest BCUT2D eigenvalue weighted by molar-refractivity contribution is 0.415. The first-order valence-corrected chi connectivity index (χ1v) is 9.63. The molecule has 0 fully saturated rings. The number of rotatable bonds is 2. The zero-order chi connectivity index (χ0) is 20.4. The molecule has 0 spiro atoms. The predicted molar refractivity (Wildman–Crippen MR) is 117 cm³/mol. The molecule has 6 rings (SSSR count). The largest absolute Gasteiger partial charge is 0.505 e. The molecule has 1 aliphatic heterocycles. The topological polar surface area (TPSA) is 63.3 Å². The fourth-order valence-corrected chi connectivity index (χ4v) is 4.41. The highest BCUT2D eigenvalue weighted by Gasteiger charge is 2.27. The van der Waals surface area contributed by atoms with E-state index in [0.29, 0.717) is 27.3 Å². The summed E-state index contributed by atoms with van der Waals surface area (Å²) in [5, 5.41) is 12.3. The molecule has 0 bridgehead atoms. The zero-order valence-corrected chi connectivity index (χ0v) is 16.1. The van der Waals surface area contributed by atoms with Gasteiger partial charge in [0, 0.05) is 16.5 Å². The van der Waals surface area contributed by atoms with E-state index < -0.39 is 0 Å². The van der Waals surface area contributed by atoms with Gasteiger partial charge in [-0.05, 0) is 35.9 Å². The molecule has 1 aliphatic rings. The number of benzene rings is 3. The molecule has 5 nitrogen and oxygen atoms in total. The smallest absolute Gasteiger partial charge is 0.264 e. The van der Waals surface area contributed by atoms with E-state index in [0.717, 1.165) is 28.1 Å². The molecule has 0 amide bonds. The normalized spacial score (nSPS) is 12.0. The monoisotopic (exact) mass is 392 g/mol. The summed E-state index contributed by atoms with van der Waals surface area (Å²) in [6.07, 6.45) is 0. The van der Waals surface area contributed by atoms with Crippen molar-refractivity contribution in [1.82, 2.24) is 4.40 Å². The molecule has 0 saturated carbocycles. The molecule has 1 N–H and O–H groups in total. The van der Waals surface area contributed by atoms with E-state index in [1.807, 2.05) is 72.8 Å². The third-order valence-corrected chi connectivity index (χ3v) is 5.76. The van der Waals surface area contributed by atoms with Crippen molar-refractivity contribution in [3.63, 3.8) is 0 Å². The van der Waals surface area contributed by atoms with Gasteiger partial charge in [-0.1, -0.05) is 42.5 Å². The van der Waals surface area contributed by atoms with Crippen LogP contribution in [0.5, 0.6) is 11.5 Å². The predicted octanol–water partition coefficient (Wildman–Crippen LogP) is 4.48. The second-order valence-electron chi connectivity index (χ2n) is 7.31. The first-order valence-electron chi connectivity index (χ1n) is 9.63. The van der Waals surface area contributed by atoms with Crippen molar-refractivity contribution in [2.45, 2.75) is 0 Å². The number of aromatic nitrogens is 1. The van der Waals surface area contributed by atoms with Gasteiger partial charge in [0.05, 0.1) is 23.9 Å². The van der Waals surface area contributed by atoms with Crippen LogP contribution in [0.2, 0.25) is 0 Å². The van der Waals surface area contributed by atoms with E-state index >= 15 is 0 Å². The molecular formula is C25H16N2O3. The van der Waals surface area contributed by atoms with Gasteiger partial charge in [-0.15, -0.1) is 0 Å². The summed E-state index contributed by atoms with van der Waals surface area (Å²) in [7, 11) is 1.61. The Hall–Kier alpha value is -4.12. The Morgan fingerprint density at radius 1 is 0.900 bits per heavy atom. The lowest BCUT2D eigenvalue weighted by Crippen LogP contribution is -2.23. The number of aromatic hydroxyl groups is 1. The number of para-hydroxylation sites is 2. The summed E-state index contributed by atoms with van der Waals surface area (Å²) in [6.45, 7) is 0. The van der Waals surface area contributed by atoms with Crippen molar-refractivity contribution in [1.29, 1.82) is 0 Å². The van der Waals surface area contributed by atoms with E-state index in [1.165, 1.54) is 0 Å². The maximum atomic E-state index is 13.9. The van der Waals surface area contributed by atoms with Gasteiger partial charge in [0.15, 0.2) is 5.75 Å². The number of pyridine rings is 1. The van der Waals surface area contributed by atoms with Gasteiger partial charge in [0.1, 0.15) is 16.6 Å². The van der Waals surface area contributed by atoms with Crippen LogP contribution in [0, 0.1) is 0 Å². The summed E-state index contributed by atoms with van der Waals surface area (Å²) in [5.41, 5.74) is 4.71. The number of hydrogen-bond acceptors (Lipinski definition) is 4. The molecule has 5 heteroatoms. The average molecular weight is 392 g/mol. The van der Waals surface area contributed by atoms with Crippen LogP contribution in [0.1, 0.15) is 0 Å². The number of hydrogen-bond donors (Lipinski definition) is 1. The van der Waals surface area contributed by atoms with Gasteiger partial charge in [0.25, 0.3) is 5.56 Å². The molecule has 5 aromatic rings. The highest BCUT2D eigenvalue weighted by atomic mass is 16.5. The minimum Gasteiger partial charge on any atom is -0.505 e. The maximum absolute atomic E-state index is 13.9. The maximum Gasteiger partial charge on any atom is 0.264 e. The Kier molecular flexibility index (Phi) is 3.33. The Balaban J connectivity index is 1.87. The number of ether oxygens (including phenoxy) is 1. The summed E-state index contributed by atoms with van der Waals surface area (Å²) in [4.78, 5) is 18.7. The number of nitrogens with zero attached hydrogens (tertiary/aromatic N) is 2. The summed E-state index contributed by atoms with van der Waals surface area (Å²) >= 11 is 0. The fraction of sp³-hybridized carbons (Fsp3) is 0.0400. The molecule has 144 valence electrons. The molecule has 0 saturated heterocycles. The van der Waals surface area contributed by atoms with Crippen molar-refractivity contribution < 1.29 is 9.84 Å². The van der Waals surface area contributed by atoms with Gasteiger partial charge < -0.3 is 9.84 Å². The van der Waals surface area contributed by atoms with E-state index in [-0.39, 0.29) is 11.3 Å². The van der Waals surface area contributed by atoms with Gasteiger partial charge >= 0.3 is 0 Å². The lowest BCUT2D eigenvalue weighted by Gasteiger charge is -2.10. The number of fused-ring (bicyclic) bond motifs is 7. The van der Waals surface area contributed by atoms with Gasteiger partial charge in [0.2, 0.25) is 0 Å². The zero-order valence-electron chi connectivity index (χ0n) is 16.1. The van der Waals surface area contributed by atoms with E-state index in [1.54, 1.807) is 11.5 Å². The molecule has 0 aliphatic carbocycles. The van der Waals surface area contributed by atoms with Gasteiger partial charge in [-0.25, -0.2) is 4.99 Å². The number of methoxy groups -OCH3 is 1. The van der Waals surface area contributed by atoms with Crippen LogP contribution in [-0.4, -0.2) is 16.6 Å². The third-order valence-electron chi connectivity index (χ3n) is 5.76. The summed E-state index contributed by atoms with van der Waals surface area (Å²) in [5.74, 6) is 0.801. The minimum absolute atomic E-state index is 0.0804. The molecule has 2 aromatic heterocycles. The van der Waals surface area contributed by atoms with Gasteiger partial charge in [-0.3, -0.25) is 9.20 Å². The van der Waals surface area contributed by atoms with E-state index in [4.69, 9.17) is 9.73 Å². The van der Waals surface area contributed by atoms with Crippen LogP contribution < -0.4 is 15.7 Å². The van der Waals surface area contributed by atoms with Crippen LogP contribution in [0.15, 0.2) is 82.6 Å². The second-order valence-corrected chi connectivity index (χ2v) is 7.31. The summed E-state index contributed by atoms with van der Waals surface area (Å²) in [6, 6.07) is 22.6. The van der Waals surface area contributed by atoms with Crippen LogP contribution in [0.3, 0.4) is 0 Å². The lowest BCUT2D eigenvalue weighted by atomic mass is 9.95. The average Bonchev–Trinajstić information content (AvgIpc) is 3.31. The van der Waals surface area contributed by atoms with Crippen LogP contribution in [-0.2, 0) is 0 Å². The molecule has 0 unspecified atom stereocenters. The Morgan fingerprint density at radius 2 is 1.63 bits per heavy atom. The van der Waals surface area contributed by atoms with E-state index in [9.17, 15) is 9.90 Å². The van der Waals surface area contributed by atoms with Gasteiger partial charge in [-0.2, -0.15) is 0 Å². The van der Waals surface area contributed by atoms with Crippen molar-refractivity contribution in [3.8, 4) is 33.8 Å². The molecule has 0 atom stereocenters.